The van der Waals surface area contributed by atoms with Crippen LogP contribution in [-0.2, 0) is 11.3 Å². The molecule has 0 saturated carbocycles. The highest BCUT2D eigenvalue weighted by atomic mass is 16.5. The molecular formula is C15H13O3. The highest BCUT2D eigenvalue weighted by Gasteiger charge is 2.06. The second kappa shape index (κ2) is 5.87. The quantitative estimate of drug-likeness (QED) is 0.772. The summed E-state index contributed by atoms with van der Waals surface area (Å²) in [5.74, 6) is 0.448. The van der Waals surface area contributed by atoms with Gasteiger partial charge in [0.2, 0.25) is 0 Å². The molecule has 0 amide bonds. The van der Waals surface area contributed by atoms with E-state index in [0.29, 0.717) is 5.56 Å². The summed E-state index contributed by atoms with van der Waals surface area (Å²) in [6, 6.07) is 17.0. The monoisotopic (exact) mass is 241 g/mol. The van der Waals surface area contributed by atoms with E-state index in [1.165, 1.54) is 0 Å². The van der Waals surface area contributed by atoms with Crippen LogP contribution in [0.1, 0.15) is 15.9 Å². The first-order valence-electron chi connectivity index (χ1n) is 5.56. The lowest BCUT2D eigenvalue weighted by Gasteiger charge is -2.05. The second-order valence-electron chi connectivity index (χ2n) is 3.71. The third-order valence-corrected chi connectivity index (χ3v) is 2.48. The van der Waals surface area contributed by atoms with Crippen molar-refractivity contribution in [2.75, 3.05) is 7.11 Å². The smallest absolute Gasteiger partial charge is 0.338 e. The molecular weight excluding hydrogens is 228 g/mol. The lowest BCUT2D eigenvalue weighted by molar-refractivity contribution is 0.0472. The van der Waals surface area contributed by atoms with E-state index >= 15 is 0 Å². The number of esters is 1. The Hall–Kier alpha value is -2.29. The van der Waals surface area contributed by atoms with Gasteiger partial charge in [-0.2, -0.15) is 0 Å². The van der Waals surface area contributed by atoms with Gasteiger partial charge in [-0.05, 0) is 35.9 Å². The van der Waals surface area contributed by atoms with Gasteiger partial charge in [0.25, 0.3) is 0 Å². The van der Waals surface area contributed by atoms with Gasteiger partial charge in [-0.15, -0.1) is 0 Å². The molecule has 0 aliphatic rings. The third kappa shape index (κ3) is 3.10. The number of ether oxygens (including phenoxy) is 2. The molecule has 0 bridgehead atoms. The van der Waals surface area contributed by atoms with Gasteiger partial charge < -0.3 is 9.47 Å². The summed E-state index contributed by atoms with van der Waals surface area (Å²) in [6.07, 6.45) is 0. The summed E-state index contributed by atoms with van der Waals surface area (Å²) < 4.78 is 10.2. The van der Waals surface area contributed by atoms with Crippen LogP contribution in [0.4, 0.5) is 0 Å². The molecule has 3 heteroatoms. The number of rotatable bonds is 4. The van der Waals surface area contributed by atoms with Crippen molar-refractivity contribution in [3.8, 4) is 5.75 Å². The molecule has 2 rings (SSSR count). The minimum Gasteiger partial charge on any atom is -0.497 e. The van der Waals surface area contributed by atoms with E-state index < -0.39 is 0 Å². The molecule has 18 heavy (non-hydrogen) atoms. The Balaban J connectivity index is 1.93. The molecule has 0 aliphatic carbocycles. The van der Waals surface area contributed by atoms with Crippen LogP contribution in [-0.4, -0.2) is 13.1 Å². The van der Waals surface area contributed by atoms with Gasteiger partial charge >= 0.3 is 5.97 Å². The van der Waals surface area contributed by atoms with Crippen LogP contribution in [0.3, 0.4) is 0 Å². The van der Waals surface area contributed by atoms with Crippen molar-refractivity contribution in [1.82, 2.24) is 0 Å². The summed E-state index contributed by atoms with van der Waals surface area (Å²) in [7, 11) is 1.61. The molecule has 0 saturated heterocycles. The summed E-state index contributed by atoms with van der Waals surface area (Å²) in [4.78, 5) is 11.7. The average Bonchev–Trinajstić information content (AvgIpc) is 2.46. The van der Waals surface area contributed by atoms with E-state index in [1.807, 2.05) is 24.3 Å². The van der Waals surface area contributed by atoms with Crippen molar-refractivity contribution >= 4 is 5.97 Å². The van der Waals surface area contributed by atoms with Crippen molar-refractivity contribution in [3.63, 3.8) is 0 Å². The Kier molecular flexibility index (Phi) is 3.97. The maximum atomic E-state index is 11.7. The number of methoxy groups -OCH3 is 1. The van der Waals surface area contributed by atoms with Gasteiger partial charge in [-0.1, -0.05) is 24.3 Å². The number of carbonyl (C=O) groups is 1. The fourth-order valence-electron chi connectivity index (χ4n) is 1.48. The average molecular weight is 241 g/mol. The summed E-state index contributed by atoms with van der Waals surface area (Å²) in [5, 5.41) is 0. The van der Waals surface area contributed by atoms with E-state index in [2.05, 4.69) is 6.07 Å². The highest BCUT2D eigenvalue weighted by molar-refractivity contribution is 5.89. The molecule has 0 fully saturated rings. The molecule has 0 N–H and O–H groups in total. The van der Waals surface area contributed by atoms with Gasteiger partial charge in [0.1, 0.15) is 12.4 Å². The second-order valence-corrected chi connectivity index (χ2v) is 3.71. The van der Waals surface area contributed by atoms with Crippen LogP contribution in [0.25, 0.3) is 0 Å². The molecule has 0 aliphatic heterocycles. The summed E-state index contributed by atoms with van der Waals surface area (Å²) in [6.45, 7) is 0.251. The summed E-state index contributed by atoms with van der Waals surface area (Å²) in [5.41, 5.74) is 1.45. The maximum Gasteiger partial charge on any atom is 0.338 e. The summed E-state index contributed by atoms with van der Waals surface area (Å²) >= 11 is 0. The Bertz CT molecular complexity index is 503. The topological polar surface area (TPSA) is 35.5 Å². The molecule has 0 unspecified atom stereocenters. The Morgan fingerprint density at radius 1 is 1.11 bits per heavy atom. The molecule has 0 aromatic heterocycles. The van der Waals surface area contributed by atoms with Crippen molar-refractivity contribution < 1.29 is 14.3 Å². The zero-order valence-corrected chi connectivity index (χ0v) is 10.1. The Morgan fingerprint density at radius 3 is 2.39 bits per heavy atom. The molecule has 2 aromatic carbocycles. The number of benzene rings is 2. The molecule has 0 heterocycles. The van der Waals surface area contributed by atoms with Gasteiger partial charge in [-0.3, -0.25) is 0 Å². The van der Waals surface area contributed by atoms with Crippen molar-refractivity contribution in [1.29, 1.82) is 0 Å². The van der Waals surface area contributed by atoms with Crippen molar-refractivity contribution in [3.05, 3.63) is 65.7 Å². The molecule has 91 valence electrons. The van der Waals surface area contributed by atoms with Gasteiger partial charge in [0, 0.05) is 0 Å². The Morgan fingerprint density at radius 2 is 1.78 bits per heavy atom. The van der Waals surface area contributed by atoms with Gasteiger partial charge in [0.15, 0.2) is 0 Å². The molecule has 3 nitrogen and oxygen atoms in total. The first kappa shape index (κ1) is 12.2. The number of carbonyl (C=O) groups excluding carboxylic acids is 1. The first-order chi connectivity index (χ1) is 8.79. The first-order valence-corrected chi connectivity index (χ1v) is 5.56. The predicted octanol–water partition coefficient (Wildman–Crippen LogP) is 2.85. The lowest BCUT2D eigenvalue weighted by Crippen LogP contribution is -2.04. The van der Waals surface area contributed by atoms with E-state index in [-0.39, 0.29) is 12.6 Å². The van der Waals surface area contributed by atoms with Crippen molar-refractivity contribution in [2.24, 2.45) is 0 Å². The zero-order chi connectivity index (χ0) is 12.8. The molecule has 1 radical (unpaired) electrons. The third-order valence-electron chi connectivity index (χ3n) is 2.48. The van der Waals surface area contributed by atoms with Crippen LogP contribution >= 0.6 is 0 Å². The number of hydrogen-bond donors (Lipinski definition) is 0. The van der Waals surface area contributed by atoms with Gasteiger partial charge in [0.05, 0.1) is 12.7 Å². The van der Waals surface area contributed by atoms with Crippen molar-refractivity contribution in [2.45, 2.75) is 6.61 Å². The molecule has 2 aromatic rings. The standard InChI is InChI=1S/C15H13O3/c1-17-14-9-7-12(8-10-14)11-18-15(16)13-5-3-2-4-6-13/h3-10H,11H2,1H3. The Labute approximate surface area is 106 Å². The van der Waals surface area contributed by atoms with E-state index in [9.17, 15) is 4.79 Å². The number of hydrogen-bond acceptors (Lipinski definition) is 3. The fourth-order valence-corrected chi connectivity index (χ4v) is 1.48. The zero-order valence-electron chi connectivity index (χ0n) is 10.1. The maximum absolute atomic E-state index is 11.7. The van der Waals surface area contributed by atoms with Gasteiger partial charge in [-0.25, -0.2) is 4.79 Å². The predicted molar refractivity (Wildman–Crippen MR) is 67.4 cm³/mol. The van der Waals surface area contributed by atoms with Crippen LogP contribution < -0.4 is 4.74 Å². The van der Waals surface area contributed by atoms with Crippen LogP contribution in [0.15, 0.2) is 48.5 Å². The minimum atomic E-state index is -0.334. The van der Waals surface area contributed by atoms with Crippen LogP contribution in [0, 0.1) is 6.07 Å². The SMILES string of the molecule is COc1ccc(COC(=O)c2cc[c]cc2)cc1. The van der Waals surface area contributed by atoms with E-state index in [4.69, 9.17) is 9.47 Å². The van der Waals surface area contributed by atoms with Crippen LogP contribution in [0.2, 0.25) is 0 Å². The molecule has 0 atom stereocenters. The lowest BCUT2D eigenvalue weighted by atomic mass is 10.2. The normalized spacial score (nSPS) is 9.83. The van der Waals surface area contributed by atoms with E-state index in [1.54, 1.807) is 31.4 Å². The van der Waals surface area contributed by atoms with E-state index in [0.717, 1.165) is 11.3 Å². The molecule has 0 spiro atoms. The fraction of sp³-hybridized carbons (Fsp3) is 0.133. The minimum absolute atomic E-state index is 0.251. The largest absolute Gasteiger partial charge is 0.497 e. The highest BCUT2D eigenvalue weighted by Crippen LogP contribution is 2.12. The van der Waals surface area contributed by atoms with Crippen LogP contribution in [0.5, 0.6) is 5.75 Å².